The van der Waals surface area contributed by atoms with Gasteiger partial charge in [0.2, 0.25) is 0 Å². The highest BCUT2D eigenvalue weighted by Crippen LogP contribution is 2.34. The Hall–Kier alpha value is -1.29. The van der Waals surface area contributed by atoms with Gasteiger partial charge in [0, 0.05) is 16.7 Å². The molecule has 0 saturated heterocycles. The zero-order chi connectivity index (χ0) is 13.8. The normalized spacial score (nSPS) is 10.5. The summed E-state index contributed by atoms with van der Waals surface area (Å²) in [6.07, 6.45) is 0.389. The first-order valence-electron chi connectivity index (χ1n) is 5.72. The van der Waals surface area contributed by atoms with Gasteiger partial charge in [-0.15, -0.1) is 0 Å². The molecule has 0 atom stereocenters. The Labute approximate surface area is 120 Å². The summed E-state index contributed by atoms with van der Waals surface area (Å²) >= 11 is 11.9. The maximum absolute atomic E-state index is 13.7. The molecule has 0 radical (unpaired) electrons. The molecule has 2 nitrogen and oxygen atoms in total. The molecule has 0 fully saturated rings. The minimum absolute atomic E-state index is 0.334. The van der Waals surface area contributed by atoms with Gasteiger partial charge in [-0.1, -0.05) is 29.3 Å². The molecule has 0 spiro atoms. The van der Waals surface area contributed by atoms with Gasteiger partial charge >= 0.3 is 0 Å². The molecule has 0 aliphatic carbocycles. The zero-order valence-corrected chi connectivity index (χ0v) is 11.5. The van der Waals surface area contributed by atoms with Crippen molar-refractivity contribution in [2.75, 3.05) is 6.54 Å². The fourth-order valence-electron chi connectivity index (χ4n) is 1.70. The van der Waals surface area contributed by atoms with E-state index in [9.17, 15) is 4.39 Å². The van der Waals surface area contributed by atoms with Crippen molar-refractivity contribution in [1.82, 2.24) is 0 Å². The van der Waals surface area contributed by atoms with Crippen LogP contribution in [0.2, 0.25) is 10.0 Å². The second-order valence-electron chi connectivity index (χ2n) is 3.93. The van der Waals surface area contributed by atoms with Crippen LogP contribution >= 0.6 is 23.2 Å². The second kappa shape index (κ2) is 6.24. The van der Waals surface area contributed by atoms with E-state index >= 15 is 0 Å². The highest BCUT2D eigenvalue weighted by Gasteiger charge is 2.11. The molecule has 0 aliphatic rings. The third-order valence-electron chi connectivity index (χ3n) is 2.58. The molecule has 0 amide bonds. The average Bonchev–Trinajstić information content (AvgIpc) is 2.38. The minimum Gasteiger partial charge on any atom is -0.455 e. The van der Waals surface area contributed by atoms with Gasteiger partial charge in [0.15, 0.2) is 0 Å². The summed E-state index contributed by atoms with van der Waals surface area (Å²) < 4.78 is 19.4. The summed E-state index contributed by atoms with van der Waals surface area (Å²) in [7, 11) is 0. The van der Waals surface area contributed by atoms with E-state index in [1.54, 1.807) is 30.3 Å². The quantitative estimate of drug-likeness (QED) is 0.906. The Morgan fingerprint density at radius 2 is 1.89 bits per heavy atom. The van der Waals surface area contributed by atoms with Crippen molar-refractivity contribution in [2.24, 2.45) is 5.73 Å². The zero-order valence-electron chi connectivity index (χ0n) is 10.00. The van der Waals surface area contributed by atoms with Crippen molar-refractivity contribution in [3.8, 4) is 11.5 Å². The maximum Gasteiger partial charge on any atom is 0.147 e. The molecule has 0 aliphatic heterocycles. The lowest BCUT2D eigenvalue weighted by molar-refractivity contribution is 0.467. The van der Waals surface area contributed by atoms with Gasteiger partial charge < -0.3 is 10.5 Å². The van der Waals surface area contributed by atoms with Gasteiger partial charge in [0.05, 0.1) is 5.02 Å². The Balaban J connectivity index is 2.37. The van der Waals surface area contributed by atoms with Gasteiger partial charge in [-0.25, -0.2) is 4.39 Å². The lowest BCUT2D eigenvalue weighted by Gasteiger charge is -2.12. The van der Waals surface area contributed by atoms with Gasteiger partial charge in [0.25, 0.3) is 0 Å². The van der Waals surface area contributed by atoms with E-state index in [0.29, 0.717) is 40.1 Å². The van der Waals surface area contributed by atoms with Crippen LogP contribution in [0.15, 0.2) is 36.4 Å². The predicted molar refractivity (Wildman–Crippen MR) is 75.7 cm³/mol. The molecule has 0 unspecified atom stereocenters. The number of halogens is 3. The molecule has 0 heterocycles. The molecule has 19 heavy (non-hydrogen) atoms. The summed E-state index contributed by atoms with van der Waals surface area (Å²) in [6.45, 7) is 0.334. The third-order valence-corrected chi connectivity index (χ3v) is 3.13. The first-order chi connectivity index (χ1) is 9.11. The van der Waals surface area contributed by atoms with E-state index < -0.39 is 0 Å². The number of rotatable bonds is 4. The largest absolute Gasteiger partial charge is 0.455 e. The molecule has 2 rings (SSSR count). The van der Waals surface area contributed by atoms with Crippen LogP contribution in [0.4, 0.5) is 4.39 Å². The predicted octanol–water partition coefficient (Wildman–Crippen LogP) is 4.43. The smallest absolute Gasteiger partial charge is 0.147 e. The van der Waals surface area contributed by atoms with Crippen molar-refractivity contribution in [2.45, 2.75) is 6.42 Å². The number of hydrogen-bond donors (Lipinski definition) is 1. The van der Waals surface area contributed by atoms with Crippen LogP contribution in [0.25, 0.3) is 0 Å². The lowest BCUT2D eigenvalue weighted by Crippen LogP contribution is -2.06. The summed E-state index contributed by atoms with van der Waals surface area (Å²) in [5.41, 5.74) is 5.91. The third kappa shape index (κ3) is 3.38. The monoisotopic (exact) mass is 299 g/mol. The molecule has 2 N–H and O–H groups in total. The second-order valence-corrected chi connectivity index (χ2v) is 4.78. The van der Waals surface area contributed by atoms with Crippen molar-refractivity contribution in [3.05, 3.63) is 57.8 Å². The van der Waals surface area contributed by atoms with Crippen molar-refractivity contribution in [1.29, 1.82) is 0 Å². The van der Waals surface area contributed by atoms with E-state index in [1.165, 1.54) is 6.07 Å². The molecule has 0 saturated carbocycles. The van der Waals surface area contributed by atoms with Gasteiger partial charge in [-0.2, -0.15) is 0 Å². The fourth-order valence-corrected chi connectivity index (χ4v) is 2.01. The Bertz CT molecular complexity index is 590. The number of hydrogen-bond acceptors (Lipinski definition) is 2. The topological polar surface area (TPSA) is 35.2 Å². The molecule has 5 heteroatoms. The highest BCUT2D eigenvalue weighted by molar-refractivity contribution is 6.34. The van der Waals surface area contributed by atoms with Crippen LogP contribution < -0.4 is 10.5 Å². The Morgan fingerprint density at radius 1 is 1.11 bits per heavy atom. The summed E-state index contributed by atoms with van der Waals surface area (Å²) in [5, 5.41) is 0.906. The van der Waals surface area contributed by atoms with Crippen molar-refractivity contribution < 1.29 is 9.13 Å². The van der Waals surface area contributed by atoms with E-state index in [4.69, 9.17) is 33.7 Å². The molecular formula is C14H12Cl2FNO. The van der Waals surface area contributed by atoms with E-state index in [0.717, 1.165) is 0 Å². The highest BCUT2D eigenvalue weighted by atomic mass is 35.5. The van der Waals surface area contributed by atoms with E-state index in [-0.39, 0.29) is 5.82 Å². The number of ether oxygens (including phenoxy) is 1. The Kier molecular flexibility index (Phi) is 4.64. The summed E-state index contributed by atoms with van der Waals surface area (Å²) in [4.78, 5) is 0. The molecule has 0 aromatic heterocycles. The van der Waals surface area contributed by atoms with Crippen molar-refractivity contribution in [3.63, 3.8) is 0 Å². The van der Waals surface area contributed by atoms with Crippen LogP contribution in [0.5, 0.6) is 11.5 Å². The molecule has 0 bridgehead atoms. The van der Waals surface area contributed by atoms with Crippen LogP contribution in [-0.2, 0) is 6.42 Å². The molecule has 2 aromatic carbocycles. The maximum atomic E-state index is 13.7. The molecule has 2 aromatic rings. The SMILES string of the molecule is NCCc1c(F)cccc1Oc1cc(Cl)ccc1Cl. The van der Waals surface area contributed by atoms with Crippen LogP contribution in [0, 0.1) is 5.82 Å². The average molecular weight is 300 g/mol. The van der Waals surface area contributed by atoms with Crippen LogP contribution in [0.3, 0.4) is 0 Å². The van der Waals surface area contributed by atoms with Gasteiger partial charge in [0.1, 0.15) is 17.3 Å². The van der Waals surface area contributed by atoms with E-state index in [2.05, 4.69) is 0 Å². The first kappa shape index (κ1) is 14.1. The standard InChI is InChI=1S/C14H12Cl2FNO/c15-9-4-5-11(16)14(8-9)19-13-3-1-2-12(17)10(13)6-7-18/h1-5,8H,6-7,18H2. The molecule has 100 valence electrons. The van der Waals surface area contributed by atoms with Gasteiger partial charge in [-0.05, 0) is 37.2 Å². The fraction of sp³-hybridized carbons (Fsp3) is 0.143. The first-order valence-corrected chi connectivity index (χ1v) is 6.47. The summed E-state index contributed by atoms with van der Waals surface area (Å²) in [5.74, 6) is 0.439. The van der Waals surface area contributed by atoms with Gasteiger partial charge in [-0.3, -0.25) is 0 Å². The minimum atomic E-state index is -0.346. The summed E-state index contributed by atoms with van der Waals surface area (Å²) in [6, 6.07) is 9.48. The number of benzene rings is 2. The van der Waals surface area contributed by atoms with Crippen LogP contribution in [-0.4, -0.2) is 6.54 Å². The number of nitrogens with two attached hydrogens (primary N) is 1. The van der Waals surface area contributed by atoms with Crippen LogP contribution in [0.1, 0.15) is 5.56 Å². The van der Waals surface area contributed by atoms with Crippen molar-refractivity contribution >= 4 is 23.2 Å². The lowest BCUT2D eigenvalue weighted by atomic mass is 10.1. The van der Waals surface area contributed by atoms with E-state index in [1.807, 2.05) is 0 Å². The molecular weight excluding hydrogens is 288 g/mol. The Morgan fingerprint density at radius 3 is 2.63 bits per heavy atom.